The molecule has 0 N–H and O–H groups in total. The second-order valence-corrected chi connectivity index (χ2v) is 5.24. The van der Waals surface area contributed by atoms with Crippen LogP contribution in [0.1, 0.15) is 16.1 Å². The third-order valence-electron chi connectivity index (χ3n) is 1.65. The second-order valence-electron chi connectivity index (χ2n) is 2.73. The molecule has 0 amide bonds. The van der Waals surface area contributed by atoms with Gasteiger partial charge in [0.2, 0.25) is 5.76 Å². The first kappa shape index (κ1) is 13.8. The van der Waals surface area contributed by atoms with Gasteiger partial charge in [-0.25, -0.2) is 13.2 Å². The number of hydrogen-bond donors (Lipinski definition) is 0. The van der Waals surface area contributed by atoms with E-state index in [2.05, 4.69) is 9.15 Å². The van der Waals surface area contributed by atoms with E-state index >= 15 is 0 Å². The molecule has 17 heavy (non-hydrogen) atoms. The van der Waals surface area contributed by atoms with Crippen LogP contribution < -0.4 is 0 Å². The zero-order valence-electron chi connectivity index (χ0n) is 8.04. The average molecular weight is 293 g/mol. The standard InChI is InChI=1S/C7H4ClF3O5S/c1-15-6(12)3-2-16-5(7(9,10)11)4(3)17(8,13)14/h2H,1H3. The van der Waals surface area contributed by atoms with E-state index in [1.165, 1.54) is 0 Å². The summed E-state index contributed by atoms with van der Waals surface area (Å²) >= 11 is 0. The molecule has 1 aromatic rings. The minimum atomic E-state index is -5.09. The lowest BCUT2D eigenvalue weighted by molar-refractivity contribution is -0.155. The van der Waals surface area contributed by atoms with Gasteiger partial charge >= 0.3 is 12.1 Å². The fourth-order valence-electron chi connectivity index (χ4n) is 1.04. The van der Waals surface area contributed by atoms with Gasteiger partial charge in [0.25, 0.3) is 9.05 Å². The lowest BCUT2D eigenvalue weighted by Gasteiger charge is -2.04. The Labute approximate surface area is 97.5 Å². The largest absolute Gasteiger partial charge is 0.465 e. The van der Waals surface area contributed by atoms with E-state index in [9.17, 15) is 26.4 Å². The summed E-state index contributed by atoms with van der Waals surface area (Å²) in [5, 5.41) is 0. The summed E-state index contributed by atoms with van der Waals surface area (Å²) in [6, 6.07) is 0. The lowest BCUT2D eigenvalue weighted by Crippen LogP contribution is -2.11. The number of carbonyl (C=O) groups excluding carboxylic acids is 1. The van der Waals surface area contributed by atoms with Crippen LogP contribution in [0.2, 0.25) is 0 Å². The molecule has 0 unspecified atom stereocenters. The van der Waals surface area contributed by atoms with Crippen LogP contribution in [-0.4, -0.2) is 21.5 Å². The quantitative estimate of drug-likeness (QED) is 0.616. The Kier molecular flexibility index (Phi) is 3.44. The fourth-order valence-corrected chi connectivity index (χ4v) is 2.27. The maximum absolute atomic E-state index is 12.4. The van der Waals surface area contributed by atoms with Crippen LogP contribution in [0.4, 0.5) is 13.2 Å². The summed E-state index contributed by atoms with van der Waals surface area (Å²) in [7, 11) is 0.889. The topological polar surface area (TPSA) is 73.6 Å². The lowest BCUT2D eigenvalue weighted by atomic mass is 10.3. The predicted molar refractivity (Wildman–Crippen MR) is 48.1 cm³/mol. The van der Waals surface area contributed by atoms with Crippen LogP contribution >= 0.6 is 10.7 Å². The van der Waals surface area contributed by atoms with Crippen molar-refractivity contribution in [2.45, 2.75) is 11.1 Å². The molecule has 0 saturated heterocycles. The molecule has 0 fully saturated rings. The molecular weight excluding hydrogens is 289 g/mol. The molecule has 1 heterocycles. The van der Waals surface area contributed by atoms with Gasteiger partial charge < -0.3 is 9.15 Å². The molecule has 96 valence electrons. The van der Waals surface area contributed by atoms with Crippen LogP contribution in [0, 0.1) is 0 Å². The number of furan rings is 1. The Morgan fingerprint density at radius 2 is 2.00 bits per heavy atom. The summed E-state index contributed by atoms with van der Waals surface area (Å²) in [5.41, 5.74) is -0.908. The third kappa shape index (κ3) is 2.72. The maximum atomic E-state index is 12.4. The molecule has 0 saturated carbocycles. The van der Waals surface area contributed by atoms with Crippen molar-refractivity contribution < 1.29 is 35.5 Å². The highest BCUT2D eigenvalue weighted by Gasteiger charge is 2.44. The van der Waals surface area contributed by atoms with Crippen molar-refractivity contribution >= 4 is 25.7 Å². The van der Waals surface area contributed by atoms with Crippen LogP contribution in [-0.2, 0) is 20.0 Å². The van der Waals surface area contributed by atoms with E-state index < -0.39 is 37.4 Å². The molecule has 5 nitrogen and oxygen atoms in total. The molecule has 0 aliphatic heterocycles. The van der Waals surface area contributed by atoms with Crippen LogP contribution in [0.25, 0.3) is 0 Å². The SMILES string of the molecule is COC(=O)c1coc(C(F)(F)F)c1S(=O)(=O)Cl. The first-order valence-electron chi connectivity index (χ1n) is 3.80. The molecular formula is C7H4ClF3O5S. The highest BCUT2D eigenvalue weighted by Crippen LogP contribution is 2.38. The smallest absolute Gasteiger partial charge is 0.450 e. The first-order valence-corrected chi connectivity index (χ1v) is 6.11. The predicted octanol–water partition coefficient (Wildman–Crippen LogP) is 2.01. The number of alkyl halides is 3. The van der Waals surface area contributed by atoms with Gasteiger partial charge in [-0.2, -0.15) is 13.2 Å². The minimum Gasteiger partial charge on any atom is -0.465 e. The molecule has 0 aromatic carbocycles. The number of halogens is 4. The third-order valence-corrected chi connectivity index (χ3v) is 3.01. The van der Waals surface area contributed by atoms with Crippen molar-refractivity contribution in [2.24, 2.45) is 0 Å². The summed E-state index contributed by atoms with van der Waals surface area (Å²) in [5.74, 6) is -3.17. The summed E-state index contributed by atoms with van der Waals surface area (Å²) < 4.78 is 67.3. The molecule has 0 spiro atoms. The Morgan fingerprint density at radius 1 is 1.47 bits per heavy atom. The van der Waals surface area contributed by atoms with Crippen molar-refractivity contribution in [2.75, 3.05) is 7.11 Å². The van der Waals surface area contributed by atoms with Gasteiger partial charge in [0.15, 0.2) is 0 Å². The Bertz CT molecular complexity index is 544. The normalized spacial score (nSPS) is 12.5. The molecule has 0 bridgehead atoms. The van der Waals surface area contributed by atoms with Crippen LogP contribution in [0.3, 0.4) is 0 Å². The molecule has 1 aromatic heterocycles. The molecule has 0 atom stereocenters. The molecule has 10 heteroatoms. The second kappa shape index (κ2) is 4.22. The highest BCUT2D eigenvalue weighted by atomic mass is 35.7. The maximum Gasteiger partial charge on any atom is 0.450 e. The van der Waals surface area contributed by atoms with Gasteiger partial charge in [-0.3, -0.25) is 0 Å². The van der Waals surface area contributed by atoms with E-state index in [-0.39, 0.29) is 0 Å². The first-order chi connectivity index (χ1) is 7.59. The van der Waals surface area contributed by atoms with Gasteiger partial charge in [0.1, 0.15) is 16.7 Å². The van der Waals surface area contributed by atoms with Crippen molar-refractivity contribution in [1.82, 2.24) is 0 Å². The Hall–Kier alpha value is -1.22. The van der Waals surface area contributed by atoms with Gasteiger partial charge in [0.05, 0.1) is 7.11 Å². The summed E-state index contributed by atoms with van der Waals surface area (Å²) in [6.45, 7) is 0. The number of methoxy groups -OCH3 is 1. The number of ether oxygens (including phenoxy) is 1. The van der Waals surface area contributed by atoms with E-state index in [1.807, 2.05) is 0 Å². The average Bonchev–Trinajstić information content (AvgIpc) is 2.59. The van der Waals surface area contributed by atoms with Crippen molar-refractivity contribution in [3.8, 4) is 0 Å². The van der Waals surface area contributed by atoms with Crippen molar-refractivity contribution in [3.63, 3.8) is 0 Å². The zero-order valence-corrected chi connectivity index (χ0v) is 9.61. The van der Waals surface area contributed by atoms with Crippen LogP contribution in [0.15, 0.2) is 15.6 Å². The summed E-state index contributed by atoms with van der Waals surface area (Å²) in [4.78, 5) is 9.60. The van der Waals surface area contributed by atoms with Gasteiger partial charge in [-0.1, -0.05) is 0 Å². The van der Waals surface area contributed by atoms with E-state index in [0.29, 0.717) is 6.26 Å². The van der Waals surface area contributed by atoms with Gasteiger partial charge in [0, 0.05) is 10.7 Å². The minimum absolute atomic E-state index is 0.323. The van der Waals surface area contributed by atoms with Gasteiger partial charge in [-0.15, -0.1) is 0 Å². The molecule has 0 aliphatic carbocycles. The molecule has 0 radical (unpaired) electrons. The Morgan fingerprint density at radius 3 is 2.35 bits per heavy atom. The molecule has 0 aliphatic rings. The number of hydrogen-bond acceptors (Lipinski definition) is 5. The van der Waals surface area contributed by atoms with Crippen molar-refractivity contribution in [3.05, 3.63) is 17.6 Å². The highest BCUT2D eigenvalue weighted by molar-refractivity contribution is 8.13. The fraction of sp³-hybridized carbons (Fsp3) is 0.286. The van der Waals surface area contributed by atoms with E-state index in [0.717, 1.165) is 7.11 Å². The molecule has 1 rings (SSSR count). The Balaban J connectivity index is 3.59. The zero-order chi connectivity index (χ0) is 13.4. The number of carbonyl (C=O) groups is 1. The van der Waals surface area contributed by atoms with Crippen LogP contribution in [0.5, 0.6) is 0 Å². The monoisotopic (exact) mass is 292 g/mol. The van der Waals surface area contributed by atoms with Gasteiger partial charge in [-0.05, 0) is 0 Å². The van der Waals surface area contributed by atoms with E-state index in [4.69, 9.17) is 10.7 Å². The number of esters is 1. The summed E-state index contributed by atoms with van der Waals surface area (Å²) in [6.07, 6.45) is -4.77. The number of rotatable bonds is 2. The van der Waals surface area contributed by atoms with Crippen molar-refractivity contribution in [1.29, 1.82) is 0 Å². The van der Waals surface area contributed by atoms with E-state index in [1.54, 1.807) is 0 Å².